The summed E-state index contributed by atoms with van der Waals surface area (Å²) in [4.78, 5) is 15.7. The van der Waals surface area contributed by atoms with E-state index in [1.807, 2.05) is 0 Å². The number of pyridine rings is 1. The second kappa shape index (κ2) is 5.27. The molecule has 0 fully saturated rings. The molecule has 2 N–H and O–H groups in total. The van der Waals surface area contributed by atoms with Gasteiger partial charge < -0.3 is 10.6 Å². The lowest BCUT2D eigenvalue weighted by atomic mass is 10.3. The second-order valence-corrected chi connectivity index (χ2v) is 3.72. The lowest BCUT2D eigenvalue weighted by Gasteiger charge is -2.08. The van der Waals surface area contributed by atoms with E-state index >= 15 is 0 Å². The lowest BCUT2D eigenvalue weighted by Crippen LogP contribution is -2.20. The number of nitrogens with one attached hydrogen (secondary N) is 2. The van der Waals surface area contributed by atoms with Crippen molar-refractivity contribution in [2.45, 2.75) is 6.92 Å². The summed E-state index contributed by atoms with van der Waals surface area (Å²) in [6.45, 7) is 1.80. The van der Waals surface area contributed by atoms with Crippen LogP contribution < -0.4 is 10.6 Å². The first-order valence-corrected chi connectivity index (χ1v) is 5.40. The zero-order chi connectivity index (χ0) is 13.0. The smallest absolute Gasteiger partial charge is 0.308 e. The molecule has 0 unspecified atom stereocenters. The van der Waals surface area contributed by atoms with Gasteiger partial charge in [-0.25, -0.2) is 9.18 Å². The molecule has 0 radical (unpaired) electrons. The van der Waals surface area contributed by atoms with Crippen LogP contribution in [-0.4, -0.2) is 11.0 Å². The largest absolute Gasteiger partial charge is 0.323 e. The molecule has 1 heterocycles. The van der Waals surface area contributed by atoms with E-state index < -0.39 is 6.03 Å². The van der Waals surface area contributed by atoms with E-state index in [0.717, 1.165) is 5.69 Å². The molecule has 5 heteroatoms. The van der Waals surface area contributed by atoms with E-state index in [4.69, 9.17) is 0 Å². The first-order chi connectivity index (χ1) is 8.65. The van der Waals surface area contributed by atoms with Gasteiger partial charge in [0.05, 0.1) is 11.4 Å². The monoisotopic (exact) mass is 245 g/mol. The van der Waals surface area contributed by atoms with Crippen LogP contribution in [0.1, 0.15) is 5.69 Å². The molecule has 18 heavy (non-hydrogen) atoms. The number of carbonyl (C=O) groups is 1. The molecular formula is C13H12FN3O. The molecule has 0 aliphatic carbocycles. The van der Waals surface area contributed by atoms with Crippen LogP contribution in [0.4, 0.5) is 20.6 Å². The predicted molar refractivity (Wildman–Crippen MR) is 68.0 cm³/mol. The van der Waals surface area contributed by atoms with Crippen LogP contribution in [0.5, 0.6) is 0 Å². The van der Waals surface area contributed by atoms with E-state index in [2.05, 4.69) is 15.6 Å². The highest BCUT2D eigenvalue weighted by molar-refractivity contribution is 5.99. The van der Waals surface area contributed by atoms with Gasteiger partial charge in [-0.3, -0.25) is 4.98 Å². The molecule has 0 atom stereocenters. The molecule has 0 aliphatic rings. The van der Waals surface area contributed by atoms with Crippen molar-refractivity contribution >= 4 is 17.4 Å². The van der Waals surface area contributed by atoms with Crippen molar-refractivity contribution in [1.82, 2.24) is 4.98 Å². The molecule has 0 bridgehead atoms. The van der Waals surface area contributed by atoms with Crippen LogP contribution in [-0.2, 0) is 0 Å². The van der Waals surface area contributed by atoms with Gasteiger partial charge in [-0.2, -0.15) is 0 Å². The molecule has 0 aliphatic heterocycles. The number of nitrogens with zero attached hydrogens (tertiary/aromatic N) is 1. The average molecular weight is 245 g/mol. The Kier molecular flexibility index (Phi) is 3.52. The first-order valence-electron chi connectivity index (χ1n) is 5.40. The summed E-state index contributed by atoms with van der Waals surface area (Å²) in [7, 11) is 0. The summed E-state index contributed by atoms with van der Waals surface area (Å²) >= 11 is 0. The minimum atomic E-state index is -0.391. The maximum Gasteiger partial charge on any atom is 0.323 e. The van der Waals surface area contributed by atoms with Gasteiger partial charge in [-0.05, 0) is 43.3 Å². The Hall–Kier alpha value is -2.43. The van der Waals surface area contributed by atoms with Crippen molar-refractivity contribution in [3.63, 3.8) is 0 Å². The fraction of sp³-hybridized carbons (Fsp3) is 0.0769. The molecule has 0 spiro atoms. The Morgan fingerprint density at radius 1 is 1.17 bits per heavy atom. The molecule has 0 saturated heterocycles. The van der Waals surface area contributed by atoms with Crippen molar-refractivity contribution < 1.29 is 9.18 Å². The third-order valence-electron chi connectivity index (χ3n) is 2.36. The standard InChI is InChI=1S/C13H12FN3O/c1-9-12(3-2-8-15-9)17-13(18)16-11-6-4-10(14)5-7-11/h2-8H,1H3,(H2,16,17,18). The number of urea groups is 1. The second-order valence-electron chi connectivity index (χ2n) is 3.72. The number of aryl methyl sites for hydroxylation is 1. The topological polar surface area (TPSA) is 54.0 Å². The van der Waals surface area contributed by atoms with Gasteiger partial charge in [0, 0.05) is 11.9 Å². The van der Waals surface area contributed by atoms with Gasteiger partial charge in [0.2, 0.25) is 0 Å². The van der Waals surface area contributed by atoms with Crippen molar-refractivity contribution in [1.29, 1.82) is 0 Å². The number of halogens is 1. The fourth-order valence-electron chi connectivity index (χ4n) is 1.43. The summed E-state index contributed by atoms with van der Waals surface area (Å²) in [5.74, 6) is -0.343. The number of hydrogen-bond donors (Lipinski definition) is 2. The summed E-state index contributed by atoms with van der Waals surface area (Å²) in [6.07, 6.45) is 1.65. The van der Waals surface area contributed by atoms with Crippen molar-refractivity contribution in [3.05, 3.63) is 54.1 Å². The highest BCUT2D eigenvalue weighted by Gasteiger charge is 2.04. The van der Waals surface area contributed by atoms with Crippen LogP contribution >= 0.6 is 0 Å². The first kappa shape index (κ1) is 12.0. The summed E-state index contributed by atoms with van der Waals surface area (Å²) in [6, 6.07) is 8.65. The number of aromatic nitrogens is 1. The number of hydrogen-bond acceptors (Lipinski definition) is 2. The maximum atomic E-state index is 12.7. The molecule has 2 rings (SSSR count). The van der Waals surface area contributed by atoms with Crippen molar-refractivity contribution in [2.75, 3.05) is 10.6 Å². The van der Waals surface area contributed by atoms with Gasteiger partial charge in [0.1, 0.15) is 5.82 Å². The Bertz CT molecular complexity index is 554. The molecule has 1 aromatic heterocycles. The maximum absolute atomic E-state index is 12.7. The van der Waals surface area contributed by atoms with Gasteiger partial charge in [0.25, 0.3) is 0 Å². The third kappa shape index (κ3) is 3.04. The minimum Gasteiger partial charge on any atom is -0.308 e. The SMILES string of the molecule is Cc1ncccc1NC(=O)Nc1ccc(F)cc1. The van der Waals surface area contributed by atoms with Crippen LogP contribution in [0, 0.1) is 12.7 Å². The number of carbonyl (C=O) groups excluding carboxylic acids is 1. The third-order valence-corrected chi connectivity index (χ3v) is 2.36. The molecule has 2 aromatic rings. The Labute approximate surface area is 104 Å². The van der Waals surface area contributed by atoms with E-state index in [-0.39, 0.29) is 5.82 Å². The Morgan fingerprint density at radius 2 is 1.89 bits per heavy atom. The van der Waals surface area contributed by atoms with Gasteiger partial charge in [-0.15, -0.1) is 0 Å². The van der Waals surface area contributed by atoms with Crippen LogP contribution in [0.2, 0.25) is 0 Å². The molecule has 4 nitrogen and oxygen atoms in total. The van der Waals surface area contributed by atoms with Gasteiger partial charge in [0.15, 0.2) is 0 Å². The fourth-order valence-corrected chi connectivity index (χ4v) is 1.43. The quantitative estimate of drug-likeness (QED) is 0.853. The minimum absolute atomic E-state index is 0.343. The zero-order valence-corrected chi connectivity index (χ0v) is 9.77. The predicted octanol–water partition coefficient (Wildman–Crippen LogP) is 3.17. The number of rotatable bonds is 2. The van der Waals surface area contributed by atoms with Gasteiger partial charge in [-0.1, -0.05) is 0 Å². The van der Waals surface area contributed by atoms with Crippen molar-refractivity contribution in [3.8, 4) is 0 Å². The molecular weight excluding hydrogens is 233 g/mol. The van der Waals surface area contributed by atoms with E-state index in [1.54, 1.807) is 25.3 Å². The summed E-state index contributed by atoms with van der Waals surface area (Å²) < 4.78 is 12.7. The number of amides is 2. The Morgan fingerprint density at radius 3 is 2.56 bits per heavy atom. The number of anilines is 2. The number of benzene rings is 1. The highest BCUT2D eigenvalue weighted by Crippen LogP contribution is 2.12. The van der Waals surface area contributed by atoms with E-state index in [0.29, 0.717) is 11.4 Å². The normalized spacial score (nSPS) is 9.89. The highest BCUT2D eigenvalue weighted by atomic mass is 19.1. The lowest BCUT2D eigenvalue weighted by molar-refractivity contribution is 0.262. The average Bonchev–Trinajstić information content (AvgIpc) is 2.35. The van der Waals surface area contributed by atoms with E-state index in [9.17, 15) is 9.18 Å². The molecule has 0 saturated carbocycles. The van der Waals surface area contributed by atoms with Crippen LogP contribution in [0.3, 0.4) is 0 Å². The summed E-state index contributed by atoms with van der Waals surface area (Å²) in [5.41, 5.74) is 1.89. The molecule has 92 valence electrons. The molecule has 1 aromatic carbocycles. The van der Waals surface area contributed by atoms with Crippen molar-refractivity contribution in [2.24, 2.45) is 0 Å². The summed E-state index contributed by atoms with van der Waals surface area (Å²) in [5, 5.41) is 5.27. The van der Waals surface area contributed by atoms with Gasteiger partial charge >= 0.3 is 6.03 Å². The zero-order valence-electron chi connectivity index (χ0n) is 9.77. The Balaban J connectivity index is 2.01. The molecule has 2 amide bonds. The van der Waals surface area contributed by atoms with Crippen LogP contribution in [0.25, 0.3) is 0 Å². The van der Waals surface area contributed by atoms with E-state index in [1.165, 1.54) is 24.3 Å². The van der Waals surface area contributed by atoms with Crippen LogP contribution in [0.15, 0.2) is 42.6 Å².